The molecule has 4 aliphatic carbocycles. The van der Waals surface area contributed by atoms with Gasteiger partial charge in [-0.3, -0.25) is 9.78 Å². The van der Waals surface area contributed by atoms with Gasteiger partial charge in [-0.25, -0.2) is 5.43 Å². The van der Waals surface area contributed by atoms with E-state index in [4.69, 9.17) is 0 Å². The summed E-state index contributed by atoms with van der Waals surface area (Å²) in [5.41, 5.74) is 5.17. The Bertz CT molecular complexity index is 886. The minimum absolute atomic E-state index is 0.0736. The molecule has 0 spiro atoms. The molecule has 2 N–H and O–H groups in total. The average Bonchev–Trinajstić information content (AvgIpc) is 3.15. The van der Waals surface area contributed by atoms with Crippen molar-refractivity contribution in [3.63, 3.8) is 0 Å². The number of pyridine rings is 1. The second-order valence-corrected chi connectivity index (χ2v) is 11.7. The Hall–Kier alpha value is -1.75. The molecule has 1 heterocycles. The van der Waals surface area contributed by atoms with Crippen LogP contribution in [0.15, 0.2) is 29.6 Å². The van der Waals surface area contributed by atoms with Crippen LogP contribution < -0.4 is 5.43 Å². The van der Waals surface area contributed by atoms with E-state index in [1.54, 1.807) is 24.5 Å². The fraction of sp³-hybridized carbons (Fsp3) is 0.741. The summed E-state index contributed by atoms with van der Waals surface area (Å²) in [6, 6.07) is 3.44. The summed E-state index contributed by atoms with van der Waals surface area (Å²) in [6.07, 6.45) is 14.1. The molecule has 5 heteroatoms. The fourth-order valence-electron chi connectivity index (χ4n) is 8.71. The summed E-state index contributed by atoms with van der Waals surface area (Å²) < 4.78 is 0. The molecule has 1 aromatic heterocycles. The van der Waals surface area contributed by atoms with Crippen LogP contribution >= 0.6 is 0 Å². The lowest BCUT2D eigenvalue weighted by Crippen LogP contribution is -2.54. The smallest absolute Gasteiger partial charge is 0.271 e. The third-order valence-electron chi connectivity index (χ3n) is 10.4. The molecule has 0 aliphatic heterocycles. The predicted octanol–water partition coefficient (Wildman–Crippen LogP) is 5.21. The van der Waals surface area contributed by atoms with Crippen LogP contribution in [-0.2, 0) is 0 Å². The molecular weight excluding hydrogens is 398 g/mol. The van der Waals surface area contributed by atoms with Crippen molar-refractivity contribution in [3.8, 4) is 0 Å². The van der Waals surface area contributed by atoms with Crippen LogP contribution in [0.3, 0.4) is 0 Å². The molecule has 174 valence electrons. The van der Waals surface area contributed by atoms with E-state index >= 15 is 0 Å². The van der Waals surface area contributed by atoms with Gasteiger partial charge >= 0.3 is 0 Å². The lowest BCUT2D eigenvalue weighted by molar-refractivity contribution is -0.123. The third-order valence-corrected chi connectivity index (χ3v) is 10.4. The van der Waals surface area contributed by atoms with Crippen LogP contribution in [-0.4, -0.2) is 27.8 Å². The number of hydrogen-bond acceptors (Lipinski definition) is 4. The number of nitrogens with zero attached hydrogens (tertiary/aromatic N) is 2. The number of amides is 1. The van der Waals surface area contributed by atoms with Gasteiger partial charge in [-0.15, -0.1) is 0 Å². The molecule has 4 saturated carbocycles. The molecule has 4 aliphatic rings. The van der Waals surface area contributed by atoms with Crippen molar-refractivity contribution in [1.82, 2.24) is 10.4 Å². The Morgan fingerprint density at radius 2 is 1.75 bits per heavy atom. The van der Waals surface area contributed by atoms with Gasteiger partial charge in [-0.1, -0.05) is 13.8 Å². The summed E-state index contributed by atoms with van der Waals surface area (Å²) in [5, 5.41) is 14.8. The lowest BCUT2D eigenvalue weighted by Gasteiger charge is -2.61. The maximum Gasteiger partial charge on any atom is 0.271 e. The van der Waals surface area contributed by atoms with Crippen LogP contribution in [0.5, 0.6) is 0 Å². The number of aliphatic hydroxyl groups is 1. The molecule has 0 saturated heterocycles. The molecule has 32 heavy (non-hydrogen) atoms. The topological polar surface area (TPSA) is 74.6 Å². The van der Waals surface area contributed by atoms with Crippen LogP contribution in [0, 0.1) is 40.4 Å². The van der Waals surface area contributed by atoms with Gasteiger partial charge in [-0.2, -0.15) is 5.10 Å². The van der Waals surface area contributed by atoms with Crippen molar-refractivity contribution >= 4 is 11.6 Å². The van der Waals surface area contributed by atoms with Gasteiger partial charge in [0.05, 0.1) is 6.10 Å². The molecule has 8 atom stereocenters. The van der Waals surface area contributed by atoms with E-state index in [2.05, 4.69) is 36.3 Å². The van der Waals surface area contributed by atoms with E-state index in [0.717, 1.165) is 36.3 Å². The zero-order chi connectivity index (χ0) is 22.5. The maximum atomic E-state index is 12.4. The Morgan fingerprint density at radius 3 is 2.53 bits per heavy atom. The first kappa shape index (κ1) is 22.1. The number of rotatable bonds is 3. The number of nitrogens with one attached hydrogen (secondary N) is 1. The first-order valence-electron chi connectivity index (χ1n) is 12.8. The number of aromatic nitrogens is 1. The van der Waals surface area contributed by atoms with Crippen molar-refractivity contribution in [1.29, 1.82) is 0 Å². The zero-order valence-electron chi connectivity index (χ0n) is 19.9. The Balaban J connectivity index is 1.31. The van der Waals surface area contributed by atoms with E-state index in [0.29, 0.717) is 22.8 Å². The molecule has 0 radical (unpaired) electrons. The van der Waals surface area contributed by atoms with Gasteiger partial charge in [0.15, 0.2) is 0 Å². The standard InChI is InChI=1S/C27H39N3O2/c1-17(29-30-25(32)18-10-14-28-15-11-18)22-6-7-23-21-5-4-19-16-20(31)8-12-26(19,2)24(21)9-13-27(22,23)3/h10-11,14-15,19-24,31H,4-9,12-13,16H2,1-3H3,(H,30,32)/b29-17-/t19-,20?,21?,22?,23?,24?,26?,27?/m0/s1. The van der Waals surface area contributed by atoms with Gasteiger partial charge in [0.1, 0.15) is 0 Å². The van der Waals surface area contributed by atoms with E-state index in [-0.39, 0.29) is 17.4 Å². The molecule has 5 nitrogen and oxygen atoms in total. The van der Waals surface area contributed by atoms with E-state index < -0.39 is 0 Å². The molecule has 0 bridgehead atoms. The Morgan fingerprint density at radius 1 is 1.03 bits per heavy atom. The summed E-state index contributed by atoms with van der Waals surface area (Å²) in [4.78, 5) is 16.4. The molecular formula is C27H39N3O2. The highest BCUT2D eigenvalue weighted by molar-refractivity contribution is 5.95. The quantitative estimate of drug-likeness (QED) is 0.504. The third kappa shape index (κ3) is 3.52. The van der Waals surface area contributed by atoms with Gasteiger partial charge in [-0.05, 0) is 111 Å². The first-order chi connectivity index (χ1) is 15.3. The molecule has 1 aromatic rings. The Labute approximate surface area is 192 Å². The molecule has 0 aromatic carbocycles. The van der Waals surface area contributed by atoms with E-state index in [1.165, 1.54) is 44.9 Å². The van der Waals surface area contributed by atoms with Crippen molar-refractivity contribution in [2.75, 3.05) is 0 Å². The summed E-state index contributed by atoms with van der Waals surface area (Å²) >= 11 is 0. The van der Waals surface area contributed by atoms with Crippen molar-refractivity contribution < 1.29 is 9.90 Å². The number of fused-ring (bicyclic) bond motifs is 5. The summed E-state index contributed by atoms with van der Waals surface area (Å²) in [6.45, 7) is 7.17. The number of carbonyl (C=O) groups excluding carboxylic acids is 1. The fourth-order valence-corrected chi connectivity index (χ4v) is 8.71. The van der Waals surface area contributed by atoms with Gasteiger partial charge in [0, 0.05) is 29.6 Å². The predicted molar refractivity (Wildman–Crippen MR) is 126 cm³/mol. The zero-order valence-corrected chi connectivity index (χ0v) is 19.9. The van der Waals surface area contributed by atoms with E-state index in [1.807, 2.05) is 0 Å². The van der Waals surface area contributed by atoms with Crippen LogP contribution in [0.1, 0.15) is 88.9 Å². The van der Waals surface area contributed by atoms with Crippen LogP contribution in [0.25, 0.3) is 0 Å². The van der Waals surface area contributed by atoms with Crippen molar-refractivity contribution in [2.24, 2.45) is 45.5 Å². The number of aliphatic hydroxyl groups excluding tert-OH is 1. The number of hydrogen-bond donors (Lipinski definition) is 2. The number of hydrazone groups is 1. The van der Waals surface area contributed by atoms with Gasteiger partial charge in [0.25, 0.3) is 5.91 Å². The highest BCUT2D eigenvalue weighted by Crippen LogP contribution is 2.67. The highest BCUT2D eigenvalue weighted by Gasteiger charge is 2.60. The highest BCUT2D eigenvalue weighted by atomic mass is 16.3. The molecule has 5 rings (SSSR count). The monoisotopic (exact) mass is 437 g/mol. The Kier molecular flexibility index (Phi) is 5.68. The largest absolute Gasteiger partial charge is 0.393 e. The normalized spacial score (nSPS) is 43.7. The van der Waals surface area contributed by atoms with Crippen LogP contribution in [0.4, 0.5) is 0 Å². The van der Waals surface area contributed by atoms with Gasteiger partial charge < -0.3 is 5.11 Å². The minimum atomic E-state index is -0.166. The first-order valence-corrected chi connectivity index (χ1v) is 12.8. The second kappa shape index (κ2) is 8.23. The minimum Gasteiger partial charge on any atom is -0.393 e. The average molecular weight is 438 g/mol. The molecule has 7 unspecified atom stereocenters. The van der Waals surface area contributed by atoms with Crippen LogP contribution in [0.2, 0.25) is 0 Å². The van der Waals surface area contributed by atoms with Crippen molar-refractivity contribution in [3.05, 3.63) is 30.1 Å². The number of carbonyl (C=O) groups is 1. The van der Waals surface area contributed by atoms with Gasteiger partial charge in [0.2, 0.25) is 0 Å². The molecule has 4 fully saturated rings. The van der Waals surface area contributed by atoms with E-state index in [9.17, 15) is 9.90 Å². The summed E-state index contributed by atoms with van der Waals surface area (Å²) in [7, 11) is 0. The van der Waals surface area contributed by atoms with Crippen molar-refractivity contribution in [2.45, 2.75) is 84.7 Å². The SMILES string of the molecule is C/C(=N/NC(=O)c1ccncc1)C1CCC2C3CC[C@H]4CC(O)CCC4(C)C3CCC12C. The lowest BCUT2D eigenvalue weighted by atomic mass is 9.44. The maximum absolute atomic E-state index is 12.4. The second-order valence-electron chi connectivity index (χ2n) is 11.7. The summed E-state index contributed by atoms with van der Waals surface area (Å²) in [5.74, 6) is 3.38. The molecule has 1 amide bonds.